The smallest absolute Gasteiger partial charge is 0.239 e. The first-order valence-corrected chi connectivity index (χ1v) is 7.41. The van der Waals surface area contributed by atoms with E-state index in [0.29, 0.717) is 0 Å². The van der Waals surface area contributed by atoms with Crippen molar-refractivity contribution in [1.82, 2.24) is 9.80 Å². The van der Waals surface area contributed by atoms with Crippen molar-refractivity contribution in [1.29, 1.82) is 0 Å². The highest BCUT2D eigenvalue weighted by Crippen LogP contribution is 2.17. The average Bonchev–Trinajstić information content (AvgIpc) is 2.37. The molecule has 3 atom stereocenters. The zero-order valence-corrected chi connectivity index (χ0v) is 12.3. The maximum absolute atomic E-state index is 12.5. The molecule has 2 heterocycles. The van der Waals surface area contributed by atoms with E-state index in [1.165, 1.54) is 0 Å². The summed E-state index contributed by atoms with van der Waals surface area (Å²) in [7, 11) is 0. The fourth-order valence-corrected chi connectivity index (χ4v) is 3.07. The van der Waals surface area contributed by atoms with Crippen LogP contribution in [0.15, 0.2) is 0 Å². The number of piperidine rings is 1. The third kappa shape index (κ3) is 3.68. The Morgan fingerprint density at radius 3 is 2.26 bits per heavy atom. The van der Waals surface area contributed by atoms with Gasteiger partial charge in [-0.3, -0.25) is 9.69 Å². The lowest BCUT2D eigenvalue weighted by atomic mass is 10.0. The lowest BCUT2D eigenvalue weighted by Crippen LogP contribution is -2.56. The van der Waals surface area contributed by atoms with Crippen molar-refractivity contribution < 1.29 is 9.53 Å². The van der Waals surface area contributed by atoms with Crippen LogP contribution in [0.5, 0.6) is 0 Å². The molecule has 19 heavy (non-hydrogen) atoms. The van der Waals surface area contributed by atoms with Gasteiger partial charge in [0.25, 0.3) is 0 Å². The Balaban J connectivity index is 1.91. The van der Waals surface area contributed by atoms with Crippen molar-refractivity contribution in [2.45, 2.75) is 57.9 Å². The molecule has 0 aromatic heterocycles. The lowest BCUT2D eigenvalue weighted by molar-refractivity contribution is -0.142. The van der Waals surface area contributed by atoms with E-state index >= 15 is 0 Å². The van der Waals surface area contributed by atoms with Crippen LogP contribution in [0.2, 0.25) is 0 Å². The van der Waals surface area contributed by atoms with Gasteiger partial charge in [-0.25, -0.2) is 0 Å². The largest absolute Gasteiger partial charge is 0.373 e. The van der Waals surface area contributed by atoms with E-state index in [4.69, 9.17) is 10.5 Å². The molecule has 5 heteroatoms. The molecule has 0 bridgehead atoms. The van der Waals surface area contributed by atoms with Gasteiger partial charge in [0.1, 0.15) is 0 Å². The maximum atomic E-state index is 12.5. The number of ether oxygens (including phenoxy) is 1. The summed E-state index contributed by atoms with van der Waals surface area (Å²) < 4.78 is 5.72. The number of likely N-dealkylation sites (tertiary alicyclic amines) is 1. The van der Waals surface area contributed by atoms with E-state index in [-0.39, 0.29) is 30.2 Å². The van der Waals surface area contributed by atoms with Gasteiger partial charge < -0.3 is 15.4 Å². The molecule has 0 saturated carbocycles. The summed E-state index contributed by atoms with van der Waals surface area (Å²) >= 11 is 0. The zero-order chi connectivity index (χ0) is 14.0. The van der Waals surface area contributed by atoms with Crippen molar-refractivity contribution in [3.63, 3.8) is 0 Å². The Morgan fingerprint density at radius 1 is 1.21 bits per heavy atom. The molecule has 2 fully saturated rings. The number of carbonyl (C=O) groups excluding carboxylic acids is 1. The van der Waals surface area contributed by atoms with Gasteiger partial charge in [0.05, 0.1) is 18.2 Å². The molecular formula is C14H27N3O2. The second kappa shape index (κ2) is 6.20. The quantitative estimate of drug-likeness (QED) is 0.790. The SMILES string of the molecule is CC1CN(C(C)C(=O)N2CCC(N)CC2)CC(C)O1. The molecule has 2 saturated heterocycles. The van der Waals surface area contributed by atoms with Gasteiger partial charge in [-0.1, -0.05) is 0 Å². The molecule has 110 valence electrons. The van der Waals surface area contributed by atoms with Crippen LogP contribution in [0.4, 0.5) is 0 Å². The minimum atomic E-state index is -0.0527. The van der Waals surface area contributed by atoms with Crippen molar-refractivity contribution in [2.75, 3.05) is 26.2 Å². The summed E-state index contributed by atoms with van der Waals surface area (Å²) in [4.78, 5) is 16.7. The second-order valence-corrected chi connectivity index (χ2v) is 6.05. The van der Waals surface area contributed by atoms with Crippen LogP contribution in [-0.2, 0) is 9.53 Å². The predicted molar refractivity (Wildman–Crippen MR) is 74.8 cm³/mol. The number of hydrogen-bond acceptors (Lipinski definition) is 4. The summed E-state index contributed by atoms with van der Waals surface area (Å²) in [5.74, 6) is 0.244. The molecule has 2 aliphatic heterocycles. The van der Waals surface area contributed by atoms with Gasteiger partial charge in [0.2, 0.25) is 5.91 Å². The summed E-state index contributed by atoms with van der Waals surface area (Å²) in [6, 6.07) is 0.214. The van der Waals surface area contributed by atoms with Gasteiger partial charge in [-0.2, -0.15) is 0 Å². The molecule has 0 aromatic carbocycles. The first-order valence-electron chi connectivity index (χ1n) is 7.41. The molecule has 1 amide bonds. The fourth-order valence-electron chi connectivity index (χ4n) is 3.07. The molecular weight excluding hydrogens is 242 g/mol. The topological polar surface area (TPSA) is 58.8 Å². The molecule has 5 nitrogen and oxygen atoms in total. The monoisotopic (exact) mass is 269 g/mol. The van der Waals surface area contributed by atoms with E-state index in [9.17, 15) is 4.79 Å². The van der Waals surface area contributed by atoms with Crippen molar-refractivity contribution >= 4 is 5.91 Å². The van der Waals surface area contributed by atoms with Crippen molar-refractivity contribution in [3.8, 4) is 0 Å². The van der Waals surface area contributed by atoms with Gasteiger partial charge in [0, 0.05) is 32.2 Å². The highest BCUT2D eigenvalue weighted by Gasteiger charge is 2.32. The first-order chi connectivity index (χ1) is 8.97. The average molecular weight is 269 g/mol. The molecule has 2 rings (SSSR count). The Morgan fingerprint density at radius 2 is 1.74 bits per heavy atom. The Hall–Kier alpha value is -0.650. The third-order valence-corrected chi connectivity index (χ3v) is 4.20. The first kappa shape index (κ1) is 14.8. The number of rotatable bonds is 2. The van der Waals surface area contributed by atoms with Crippen LogP contribution in [0.25, 0.3) is 0 Å². The van der Waals surface area contributed by atoms with Crippen LogP contribution in [0.3, 0.4) is 0 Å². The Bertz CT molecular complexity index is 306. The van der Waals surface area contributed by atoms with E-state index in [0.717, 1.165) is 39.0 Å². The van der Waals surface area contributed by atoms with Crippen LogP contribution in [-0.4, -0.2) is 66.2 Å². The molecule has 3 unspecified atom stereocenters. The van der Waals surface area contributed by atoms with E-state index < -0.39 is 0 Å². The summed E-state index contributed by atoms with van der Waals surface area (Å²) in [6.07, 6.45) is 2.26. The standard InChI is InChI=1S/C14H27N3O2/c1-10-8-17(9-11(2)19-10)12(3)14(18)16-6-4-13(15)5-7-16/h10-13H,4-9,15H2,1-3H3. The van der Waals surface area contributed by atoms with Crippen LogP contribution >= 0.6 is 0 Å². The number of carbonyl (C=O) groups is 1. The van der Waals surface area contributed by atoms with Gasteiger partial charge in [-0.05, 0) is 33.6 Å². The summed E-state index contributed by atoms with van der Waals surface area (Å²) in [5.41, 5.74) is 5.89. The molecule has 2 N–H and O–H groups in total. The highest BCUT2D eigenvalue weighted by atomic mass is 16.5. The van der Waals surface area contributed by atoms with Gasteiger partial charge in [-0.15, -0.1) is 0 Å². The summed E-state index contributed by atoms with van der Waals surface area (Å²) in [6.45, 7) is 9.44. The van der Waals surface area contributed by atoms with Crippen LogP contribution in [0, 0.1) is 0 Å². The summed E-state index contributed by atoms with van der Waals surface area (Å²) in [5, 5.41) is 0. The minimum Gasteiger partial charge on any atom is -0.373 e. The molecule has 0 aliphatic carbocycles. The van der Waals surface area contributed by atoms with Crippen LogP contribution in [0.1, 0.15) is 33.6 Å². The van der Waals surface area contributed by atoms with E-state index in [1.54, 1.807) is 0 Å². The number of nitrogens with two attached hydrogens (primary N) is 1. The molecule has 0 spiro atoms. The third-order valence-electron chi connectivity index (χ3n) is 4.20. The molecule has 2 aliphatic rings. The second-order valence-electron chi connectivity index (χ2n) is 6.05. The molecule has 0 aromatic rings. The Labute approximate surface area is 116 Å². The van der Waals surface area contributed by atoms with Gasteiger partial charge in [0.15, 0.2) is 0 Å². The highest BCUT2D eigenvalue weighted by molar-refractivity contribution is 5.81. The number of amides is 1. The lowest BCUT2D eigenvalue weighted by Gasteiger charge is -2.40. The van der Waals surface area contributed by atoms with Crippen molar-refractivity contribution in [2.24, 2.45) is 5.73 Å². The minimum absolute atomic E-state index is 0.0527. The Kier molecular flexibility index (Phi) is 4.81. The van der Waals surface area contributed by atoms with Crippen molar-refractivity contribution in [3.05, 3.63) is 0 Å². The van der Waals surface area contributed by atoms with Gasteiger partial charge >= 0.3 is 0 Å². The maximum Gasteiger partial charge on any atom is 0.239 e. The fraction of sp³-hybridized carbons (Fsp3) is 0.929. The number of hydrogen-bond donors (Lipinski definition) is 1. The number of nitrogens with zero attached hydrogens (tertiary/aromatic N) is 2. The van der Waals surface area contributed by atoms with E-state index in [2.05, 4.69) is 18.7 Å². The molecule has 0 radical (unpaired) electrons. The predicted octanol–water partition coefficient (Wildman–Crippen LogP) is 0.434. The van der Waals surface area contributed by atoms with Crippen LogP contribution < -0.4 is 5.73 Å². The zero-order valence-electron chi connectivity index (χ0n) is 12.3. The number of morpholine rings is 1. The normalized spacial score (nSPS) is 32.3. The van der Waals surface area contributed by atoms with E-state index in [1.807, 2.05) is 11.8 Å².